The van der Waals surface area contributed by atoms with Crippen LogP contribution in [0.3, 0.4) is 0 Å². The number of hydrogen-bond acceptors (Lipinski definition) is 5. The van der Waals surface area contributed by atoms with Gasteiger partial charge in [0.2, 0.25) is 0 Å². The van der Waals surface area contributed by atoms with Crippen LogP contribution in [0.15, 0.2) is 36.4 Å². The quantitative estimate of drug-likeness (QED) is 0.484. The molecule has 0 spiro atoms. The molecule has 9 heteroatoms. The lowest BCUT2D eigenvalue weighted by molar-refractivity contribution is -0.385. The average molecular weight is 418 g/mol. The van der Waals surface area contributed by atoms with Crippen LogP contribution >= 0.6 is 0 Å². The standard InChI is InChI=1S/C21H23FN2O6/c1-5-14(12-6-8-13(22)9-7-12)17-16(24(28)29)11-10-15(19(25)26)18(17)23-20(27)30-21(2,3)4/h6-11,14H,5H2,1-4H3,(H,23,27)(H,25,26). The van der Waals surface area contributed by atoms with E-state index in [1.54, 1.807) is 27.7 Å². The van der Waals surface area contributed by atoms with E-state index in [0.717, 1.165) is 12.1 Å². The minimum Gasteiger partial charge on any atom is -0.478 e. The topological polar surface area (TPSA) is 119 Å². The largest absolute Gasteiger partial charge is 0.478 e. The van der Waals surface area contributed by atoms with Crippen LogP contribution in [0.5, 0.6) is 0 Å². The summed E-state index contributed by atoms with van der Waals surface area (Å²) >= 11 is 0. The number of nitrogens with one attached hydrogen (secondary N) is 1. The predicted octanol–water partition coefficient (Wildman–Crippen LogP) is 5.32. The molecule has 0 saturated carbocycles. The van der Waals surface area contributed by atoms with Gasteiger partial charge in [0, 0.05) is 12.0 Å². The zero-order valence-electron chi connectivity index (χ0n) is 17.1. The fraction of sp³-hybridized carbons (Fsp3) is 0.333. The molecule has 30 heavy (non-hydrogen) atoms. The monoisotopic (exact) mass is 418 g/mol. The number of carbonyl (C=O) groups excluding carboxylic acids is 1. The molecule has 0 fully saturated rings. The van der Waals surface area contributed by atoms with E-state index in [4.69, 9.17) is 4.74 Å². The van der Waals surface area contributed by atoms with E-state index in [2.05, 4.69) is 5.32 Å². The van der Waals surface area contributed by atoms with Gasteiger partial charge in [-0.3, -0.25) is 15.4 Å². The molecule has 160 valence electrons. The first-order chi connectivity index (χ1) is 13.9. The molecule has 0 bridgehead atoms. The molecule has 1 amide bonds. The third-order valence-corrected chi connectivity index (χ3v) is 4.30. The predicted molar refractivity (Wildman–Crippen MR) is 108 cm³/mol. The van der Waals surface area contributed by atoms with Gasteiger partial charge in [0.25, 0.3) is 5.69 Å². The number of rotatable bonds is 6. The lowest BCUT2D eigenvalue weighted by Crippen LogP contribution is -2.28. The molecule has 2 N–H and O–H groups in total. The number of benzene rings is 2. The molecule has 0 radical (unpaired) electrons. The average Bonchev–Trinajstić information content (AvgIpc) is 2.62. The Bertz CT molecular complexity index is 967. The van der Waals surface area contributed by atoms with Crippen LogP contribution in [0.1, 0.15) is 61.5 Å². The van der Waals surface area contributed by atoms with Crippen molar-refractivity contribution in [2.75, 3.05) is 5.32 Å². The van der Waals surface area contributed by atoms with Crippen molar-refractivity contribution in [2.45, 2.75) is 45.6 Å². The van der Waals surface area contributed by atoms with Crippen LogP contribution < -0.4 is 5.32 Å². The van der Waals surface area contributed by atoms with E-state index < -0.39 is 34.3 Å². The molecule has 2 aromatic rings. The fourth-order valence-corrected chi connectivity index (χ4v) is 3.14. The van der Waals surface area contributed by atoms with E-state index >= 15 is 0 Å². The van der Waals surface area contributed by atoms with Crippen molar-refractivity contribution in [3.05, 3.63) is 69.0 Å². The molecule has 8 nitrogen and oxygen atoms in total. The van der Waals surface area contributed by atoms with Gasteiger partial charge in [-0.15, -0.1) is 0 Å². The Morgan fingerprint density at radius 1 is 1.20 bits per heavy atom. The van der Waals surface area contributed by atoms with Crippen LogP contribution in [-0.4, -0.2) is 27.7 Å². The lowest BCUT2D eigenvalue weighted by Gasteiger charge is -2.24. The van der Waals surface area contributed by atoms with E-state index in [-0.39, 0.29) is 22.5 Å². The van der Waals surface area contributed by atoms with Crippen molar-refractivity contribution in [3.8, 4) is 0 Å². The minimum absolute atomic E-state index is 0.0138. The smallest absolute Gasteiger partial charge is 0.412 e. The van der Waals surface area contributed by atoms with E-state index in [1.807, 2.05) is 0 Å². The number of anilines is 1. The van der Waals surface area contributed by atoms with Crippen LogP contribution in [0.2, 0.25) is 0 Å². The lowest BCUT2D eigenvalue weighted by atomic mass is 9.85. The Morgan fingerprint density at radius 2 is 1.80 bits per heavy atom. The Morgan fingerprint density at radius 3 is 2.27 bits per heavy atom. The summed E-state index contributed by atoms with van der Waals surface area (Å²) in [4.78, 5) is 35.3. The summed E-state index contributed by atoms with van der Waals surface area (Å²) in [5.41, 5.74) is -1.21. The van der Waals surface area contributed by atoms with Crippen LogP contribution in [0.4, 0.5) is 20.6 Å². The number of nitro benzene ring substituents is 1. The highest BCUT2D eigenvalue weighted by Crippen LogP contribution is 2.41. The number of halogens is 1. The first-order valence-electron chi connectivity index (χ1n) is 9.24. The van der Waals surface area contributed by atoms with Gasteiger partial charge in [0.05, 0.1) is 21.7 Å². The summed E-state index contributed by atoms with van der Waals surface area (Å²) in [6.07, 6.45) is -0.612. The Labute approximate surface area is 172 Å². The third kappa shape index (κ3) is 5.31. The van der Waals surface area contributed by atoms with Gasteiger partial charge < -0.3 is 9.84 Å². The number of carbonyl (C=O) groups is 2. The van der Waals surface area contributed by atoms with Gasteiger partial charge >= 0.3 is 12.1 Å². The van der Waals surface area contributed by atoms with Gasteiger partial charge in [-0.05, 0) is 51.0 Å². The van der Waals surface area contributed by atoms with Crippen LogP contribution in [0, 0.1) is 15.9 Å². The highest BCUT2D eigenvalue weighted by Gasteiger charge is 2.31. The molecular weight excluding hydrogens is 395 g/mol. The highest BCUT2D eigenvalue weighted by molar-refractivity contribution is 6.01. The Balaban J connectivity index is 2.74. The summed E-state index contributed by atoms with van der Waals surface area (Å²) in [7, 11) is 0. The number of carboxylic acids is 1. The molecule has 0 aliphatic rings. The highest BCUT2D eigenvalue weighted by atomic mass is 19.1. The maximum absolute atomic E-state index is 13.4. The maximum atomic E-state index is 13.4. The van der Waals surface area contributed by atoms with Crippen molar-refractivity contribution in [1.29, 1.82) is 0 Å². The van der Waals surface area contributed by atoms with Gasteiger partial charge in [-0.1, -0.05) is 19.1 Å². The number of ether oxygens (including phenoxy) is 1. The van der Waals surface area contributed by atoms with Crippen LogP contribution in [-0.2, 0) is 4.74 Å². The molecule has 0 aliphatic heterocycles. The molecule has 2 rings (SSSR count). The maximum Gasteiger partial charge on any atom is 0.412 e. The first kappa shape index (κ1) is 22.8. The zero-order valence-corrected chi connectivity index (χ0v) is 17.1. The molecule has 0 aliphatic carbocycles. The normalized spacial score (nSPS) is 12.2. The van der Waals surface area contributed by atoms with Crippen molar-refractivity contribution >= 4 is 23.4 Å². The number of hydrogen-bond donors (Lipinski definition) is 2. The Kier molecular flexibility index (Phi) is 6.76. The van der Waals surface area contributed by atoms with Gasteiger partial charge in [0.15, 0.2) is 0 Å². The second kappa shape index (κ2) is 8.89. The summed E-state index contributed by atoms with van der Waals surface area (Å²) < 4.78 is 18.6. The molecular formula is C21H23FN2O6. The van der Waals surface area contributed by atoms with E-state index in [9.17, 15) is 29.2 Å². The SMILES string of the molecule is CCC(c1ccc(F)cc1)c1c([N+](=O)[O-])ccc(C(=O)O)c1NC(=O)OC(C)(C)C. The molecule has 0 aromatic heterocycles. The molecule has 0 saturated heterocycles. The summed E-state index contributed by atoms with van der Waals surface area (Å²) in [6.45, 7) is 6.65. The minimum atomic E-state index is -1.37. The van der Waals surface area contributed by atoms with Gasteiger partial charge in [-0.25, -0.2) is 14.0 Å². The Hall–Kier alpha value is -3.49. The van der Waals surface area contributed by atoms with Crippen molar-refractivity contribution in [1.82, 2.24) is 0 Å². The number of amides is 1. The van der Waals surface area contributed by atoms with Crippen molar-refractivity contribution < 1.29 is 28.7 Å². The molecule has 1 unspecified atom stereocenters. The van der Waals surface area contributed by atoms with Crippen LogP contribution in [0.25, 0.3) is 0 Å². The second-order valence-electron chi connectivity index (χ2n) is 7.62. The van der Waals surface area contributed by atoms with E-state index in [0.29, 0.717) is 12.0 Å². The second-order valence-corrected chi connectivity index (χ2v) is 7.62. The first-order valence-corrected chi connectivity index (χ1v) is 9.24. The third-order valence-electron chi connectivity index (χ3n) is 4.30. The van der Waals surface area contributed by atoms with Crippen molar-refractivity contribution in [2.24, 2.45) is 0 Å². The fourth-order valence-electron chi connectivity index (χ4n) is 3.14. The number of nitro groups is 1. The summed E-state index contributed by atoms with van der Waals surface area (Å²) in [5, 5.41) is 23.7. The number of nitrogens with zero attached hydrogens (tertiary/aromatic N) is 1. The molecule has 1 atom stereocenters. The van der Waals surface area contributed by atoms with Crippen molar-refractivity contribution in [3.63, 3.8) is 0 Å². The summed E-state index contributed by atoms with van der Waals surface area (Å²) in [6, 6.07) is 7.52. The summed E-state index contributed by atoms with van der Waals surface area (Å²) in [5.74, 6) is -2.52. The molecule has 2 aromatic carbocycles. The number of carboxylic acid groups (broad SMARTS) is 1. The van der Waals surface area contributed by atoms with Gasteiger partial charge in [0.1, 0.15) is 11.4 Å². The van der Waals surface area contributed by atoms with Gasteiger partial charge in [-0.2, -0.15) is 0 Å². The molecule has 0 heterocycles. The number of aromatic carboxylic acids is 1. The zero-order chi connectivity index (χ0) is 22.6. The van der Waals surface area contributed by atoms with E-state index in [1.165, 1.54) is 24.3 Å².